The number of amides is 2. The van der Waals surface area contributed by atoms with Crippen molar-refractivity contribution < 1.29 is 18.0 Å². The van der Waals surface area contributed by atoms with Gasteiger partial charge in [0.25, 0.3) is 10.0 Å². The molecule has 0 bridgehead atoms. The van der Waals surface area contributed by atoms with Crippen molar-refractivity contribution in [3.63, 3.8) is 0 Å². The molecule has 0 spiro atoms. The molecule has 0 radical (unpaired) electrons. The van der Waals surface area contributed by atoms with Crippen LogP contribution in [0.3, 0.4) is 0 Å². The first-order valence-electron chi connectivity index (χ1n) is 15.5. The van der Waals surface area contributed by atoms with E-state index in [2.05, 4.69) is 21.2 Å². The first kappa shape index (κ1) is 35.0. The zero-order valence-corrected chi connectivity index (χ0v) is 29.6. The highest BCUT2D eigenvalue weighted by Gasteiger charge is 2.35. The Morgan fingerprint density at radius 2 is 1.49 bits per heavy atom. The molecular weight excluding hydrogens is 721 g/mol. The lowest BCUT2D eigenvalue weighted by Gasteiger charge is -2.35. The van der Waals surface area contributed by atoms with Crippen molar-refractivity contribution in [2.24, 2.45) is 0 Å². The average Bonchev–Trinajstić information content (AvgIpc) is 3.08. The summed E-state index contributed by atoms with van der Waals surface area (Å²) in [6.07, 6.45) is 5.16. The monoisotopic (exact) mass is 755 g/mol. The largest absolute Gasteiger partial charge is 0.352 e. The van der Waals surface area contributed by atoms with Crippen LogP contribution in [-0.2, 0) is 32.6 Å². The van der Waals surface area contributed by atoms with Gasteiger partial charge in [-0.1, -0.05) is 119 Å². The topological polar surface area (TPSA) is 86.8 Å². The van der Waals surface area contributed by atoms with Crippen molar-refractivity contribution in [3.05, 3.63) is 129 Å². The van der Waals surface area contributed by atoms with E-state index in [0.29, 0.717) is 25.8 Å². The van der Waals surface area contributed by atoms with Crippen molar-refractivity contribution in [2.75, 3.05) is 10.8 Å². The lowest BCUT2D eigenvalue weighted by atomic mass is 9.94. The molecule has 47 heavy (non-hydrogen) atoms. The maximum Gasteiger partial charge on any atom is 0.264 e. The molecule has 1 aliphatic rings. The van der Waals surface area contributed by atoms with Gasteiger partial charge in [0, 0.05) is 23.5 Å². The van der Waals surface area contributed by atoms with E-state index >= 15 is 0 Å². The number of nitrogens with one attached hydrogen (secondary N) is 1. The first-order valence-corrected chi connectivity index (χ1v) is 18.5. The minimum absolute atomic E-state index is 0.00299. The summed E-state index contributed by atoms with van der Waals surface area (Å²) >= 11 is 16.0. The van der Waals surface area contributed by atoms with Crippen molar-refractivity contribution in [3.8, 4) is 0 Å². The number of carbonyl (C=O) groups is 2. The third-order valence-corrected chi connectivity index (χ3v) is 11.3. The number of hydrogen-bond acceptors (Lipinski definition) is 4. The van der Waals surface area contributed by atoms with Crippen LogP contribution in [0.1, 0.15) is 43.2 Å². The molecule has 4 aromatic carbocycles. The predicted octanol–water partition coefficient (Wildman–Crippen LogP) is 8.04. The molecule has 0 saturated heterocycles. The van der Waals surface area contributed by atoms with Crippen molar-refractivity contribution in [1.29, 1.82) is 0 Å². The van der Waals surface area contributed by atoms with Crippen LogP contribution in [-0.4, -0.2) is 43.8 Å². The fraction of sp³-hybridized carbons (Fsp3) is 0.278. The number of carbonyl (C=O) groups excluding carboxylic acids is 2. The maximum absolute atomic E-state index is 14.6. The number of hydrogen-bond donors (Lipinski definition) is 1. The SMILES string of the molecule is O=C(NC1CCCCC1)[C@@H](Cc1ccccc1)N(Cc1ccc(Cl)c(Cl)c1)C(=O)CN(c1cccc(Br)c1)S(=O)(=O)c1ccccc1. The molecular formula is C36H36BrCl2N3O4S. The highest BCUT2D eigenvalue weighted by molar-refractivity contribution is 9.10. The van der Waals surface area contributed by atoms with Gasteiger partial charge in [-0.25, -0.2) is 8.42 Å². The van der Waals surface area contributed by atoms with Gasteiger partial charge in [0.05, 0.1) is 20.6 Å². The fourth-order valence-electron chi connectivity index (χ4n) is 5.81. The number of sulfonamides is 1. The van der Waals surface area contributed by atoms with E-state index in [1.54, 1.807) is 60.7 Å². The Morgan fingerprint density at radius 3 is 2.15 bits per heavy atom. The Balaban J connectivity index is 1.57. The molecule has 1 aliphatic carbocycles. The van der Waals surface area contributed by atoms with Crippen LogP contribution in [0.15, 0.2) is 112 Å². The molecule has 1 saturated carbocycles. The van der Waals surface area contributed by atoms with E-state index in [0.717, 1.165) is 42.0 Å². The lowest BCUT2D eigenvalue weighted by molar-refractivity contribution is -0.140. The van der Waals surface area contributed by atoms with Gasteiger partial charge in [-0.05, 0) is 66.4 Å². The molecule has 0 aromatic heterocycles. The molecule has 1 N–H and O–H groups in total. The van der Waals surface area contributed by atoms with Gasteiger partial charge < -0.3 is 10.2 Å². The third-order valence-electron chi connectivity index (χ3n) is 8.27. The van der Waals surface area contributed by atoms with E-state index < -0.39 is 28.5 Å². The average molecular weight is 758 g/mol. The molecule has 246 valence electrons. The summed E-state index contributed by atoms with van der Waals surface area (Å²) in [6.45, 7) is -0.542. The van der Waals surface area contributed by atoms with Crippen LogP contribution in [0, 0.1) is 0 Å². The fourth-order valence-corrected chi connectivity index (χ4v) is 7.95. The lowest BCUT2D eigenvalue weighted by Crippen LogP contribution is -2.55. The molecule has 7 nitrogen and oxygen atoms in total. The zero-order valence-electron chi connectivity index (χ0n) is 25.7. The van der Waals surface area contributed by atoms with Gasteiger partial charge in [-0.15, -0.1) is 0 Å². The van der Waals surface area contributed by atoms with Crippen LogP contribution in [0.25, 0.3) is 0 Å². The summed E-state index contributed by atoms with van der Waals surface area (Å²) in [4.78, 5) is 30.4. The summed E-state index contributed by atoms with van der Waals surface area (Å²) in [5.41, 5.74) is 1.82. The maximum atomic E-state index is 14.6. The minimum Gasteiger partial charge on any atom is -0.352 e. The Hall–Kier alpha value is -3.37. The summed E-state index contributed by atoms with van der Waals surface area (Å²) < 4.78 is 30.0. The summed E-state index contributed by atoms with van der Waals surface area (Å²) in [6, 6.07) is 28.4. The normalized spacial score (nSPS) is 14.3. The second kappa shape index (κ2) is 16.2. The molecule has 1 atom stereocenters. The molecule has 0 heterocycles. The van der Waals surface area contributed by atoms with Gasteiger partial charge in [0.2, 0.25) is 11.8 Å². The Bertz CT molecular complexity index is 1790. The number of nitrogens with zero attached hydrogens (tertiary/aromatic N) is 2. The molecule has 0 unspecified atom stereocenters. The van der Waals surface area contributed by atoms with Crippen LogP contribution < -0.4 is 9.62 Å². The van der Waals surface area contributed by atoms with Gasteiger partial charge >= 0.3 is 0 Å². The summed E-state index contributed by atoms with van der Waals surface area (Å²) in [7, 11) is -4.19. The number of anilines is 1. The Kier molecular flexibility index (Phi) is 12.0. The van der Waals surface area contributed by atoms with E-state index in [1.807, 2.05) is 30.3 Å². The highest BCUT2D eigenvalue weighted by atomic mass is 79.9. The van der Waals surface area contributed by atoms with Gasteiger partial charge in [0.1, 0.15) is 12.6 Å². The van der Waals surface area contributed by atoms with Crippen LogP contribution in [0.4, 0.5) is 5.69 Å². The predicted molar refractivity (Wildman–Crippen MR) is 191 cm³/mol. The van der Waals surface area contributed by atoms with E-state index in [1.165, 1.54) is 17.0 Å². The number of benzene rings is 4. The minimum atomic E-state index is -4.19. The van der Waals surface area contributed by atoms with Crippen molar-refractivity contribution in [1.82, 2.24) is 10.2 Å². The van der Waals surface area contributed by atoms with E-state index in [4.69, 9.17) is 23.2 Å². The standard InChI is InChI=1S/C36H36BrCl2N3O4S/c37-28-13-10-16-30(23-28)42(47(45,46)31-17-8-3-9-18-31)25-35(43)41(24-27-19-20-32(38)33(39)21-27)34(22-26-11-4-1-5-12-26)36(44)40-29-14-6-2-7-15-29/h1,3-5,8-13,16-21,23,29,34H,2,6-7,14-15,22,24-25H2,(H,40,44)/t34-/m1/s1. The molecule has 4 aromatic rings. The smallest absolute Gasteiger partial charge is 0.264 e. The Morgan fingerprint density at radius 1 is 0.809 bits per heavy atom. The van der Waals surface area contributed by atoms with Crippen LogP contribution in [0.5, 0.6) is 0 Å². The summed E-state index contributed by atoms with van der Waals surface area (Å²) in [5, 5.41) is 3.88. The quantitative estimate of drug-likeness (QED) is 0.159. The van der Waals surface area contributed by atoms with Crippen LogP contribution in [0.2, 0.25) is 10.0 Å². The van der Waals surface area contributed by atoms with Gasteiger partial charge in [0.15, 0.2) is 0 Å². The van der Waals surface area contributed by atoms with E-state index in [-0.39, 0.29) is 29.8 Å². The van der Waals surface area contributed by atoms with Crippen molar-refractivity contribution in [2.45, 2.75) is 62.0 Å². The van der Waals surface area contributed by atoms with Gasteiger partial charge in [-0.2, -0.15) is 0 Å². The van der Waals surface area contributed by atoms with Crippen molar-refractivity contribution >= 4 is 66.7 Å². The number of rotatable bonds is 12. The number of halogens is 3. The third kappa shape index (κ3) is 9.16. The molecule has 2 amide bonds. The summed E-state index contributed by atoms with van der Waals surface area (Å²) in [5.74, 6) is -0.829. The molecule has 0 aliphatic heterocycles. The Labute approximate surface area is 295 Å². The zero-order chi connectivity index (χ0) is 33.4. The molecule has 11 heteroatoms. The van der Waals surface area contributed by atoms with Gasteiger partial charge in [-0.3, -0.25) is 13.9 Å². The second-order valence-electron chi connectivity index (χ2n) is 11.6. The first-order chi connectivity index (χ1) is 22.6. The molecule has 5 rings (SSSR count). The van der Waals surface area contributed by atoms with E-state index in [9.17, 15) is 18.0 Å². The molecule has 1 fully saturated rings. The second-order valence-corrected chi connectivity index (χ2v) is 15.2. The van der Waals surface area contributed by atoms with Crippen LogP contribution >= 0.6 is 39.1 Å². The highest BCUT2D eigenvalue weighted by Crippen LogP contribution is 2.29.